The van der Waals surface area contributed by atoms with E-state index in [9.17, 15) is 4.79 Å². The molecular formula is C26H32ClN5O2S. The number of carbonyl (C=O) groups excluding carboxylic acids is 1. The number of hydrogen-bond donors (Lipinski definition) is 1. The van der Waals surface area contributed by atoms with Crippen LogP contribution in [0.4, 0.5) is 11.4 Å². The second kappa shape index (κ2) is 11.9. The highest BCUT2D eigenvalue weighted by atomic mass is 35.5. The summed E-state index contributed by atoms with van der Waals surface area (Å²) in [6.45, 7) is 8.85. The van der Waals surface area contributed by atoms with Gasteiger partial charge >= 0.3 is 0 Å². The van der Waals surface area contributed by atoms with Gasteiger partial charge in [-0.3, -0.25) is 9.36 Å². The van der Waals surface area contributed by atoms with Gasteiger partial charge in [-0.25, -0.2) is 0 Å². The van der Waals surface area contributed by atoms with Gasteiger partial charge in [-0.05, 0) is 82.1 Å². The van der Waals surface area contributed by atoms with E-state index in [1.165, 1.54) is 11.8 Å². The van der Waals surface area contributed by atoms with Crippen molar-refractivity contribution in [3.8, 4) is 11.4 Å². The number of hydrogen-bond acceptors (Lipinski definition) is 6. The summed E-state index contributed by atoms with van der Waals surface area (Å²) in [5.74, 6) is 0.902. The van der Waals surface area contributed by atoms with Gasteiger partial charge in [0.1, 0.15) is 0 Å². The van der Waals surface area contributed by atoms with Gasteiger partial charge in [-0.1, -0.05) is 23.4 Å². The molecular weight excluding hydrogens is 482 g/mol. The molecule has 1 atom stereocenters. The SMILES string of the molecule is CCN(c1ccc(NC(=O)CSc2nnc(-c3ccc(Cl)cc3)n2C[C@@H]2CCCO2)cc1)C(C)C. The number of rotatable bonds is 10. The number of aromatic nitrogens is 3. The molecule has 1 saturated heterocycles. The molecule has 1 aromatic heterocycles. The molecule has 0 unspecified atom stereocenters. The van der Waals surface area contributed by atoms with Crippen molar-refractivity contribution in [1.82, 2.24) is 14.8 Å². The van der Waals surface area contributed by atoms with E-state index in [4.69, 9.17) is 16.3 Å². The minimum absolute atomic E-state index is 0.0846. The van der Waals surface area contributed by atoms with Crippen molar-refractivity contribution < 1.29 is 9.53 Å². The maximum absolute atomic E-state index is 12.7. The number of ether oxygens (including phenoxy) is 1. The summed E-state index contributed by atoms with van der Waals surface area (Å²) in [6, 6.07) is 15.9. The van der Waals surface area contributed by atoms with Crippen LogP contribution in [-0.2, 0) is 16.1 Å². The monoisotopic (exact) mass is 513 g/mol. The van der Waals surface area contributed by atoms with Crippen LogP contribution in [0, 0.1) is 0 Å². The molecule has 3 aromatic rings. The molecule has 0 bridgehead atoms. The van der Waals surface area contributed by atoms with Gasteiger partial charge in [-0.2, -0.15) is 0 Å². The number of thioether (sulfide) groups is 1. The van der Waals surface area contributed by atoms with Gasteiger partial charge in [0.25, 0.3) is 0 Å². The molecule has 0 radical (unpaired) electrons. The maximum atomic E-state index is 12.7. The molecule has 0 saturated carbocycles. The summed E-state index contributed by atoms with van der Waals surface area (Å²) in [5.41, 5.74) is 2.85. The van der Waals surface area contributed by atoms with Crippen LogP contribution < -0.4 is 10.2 Å². The summed E-state index contributed by atoms with van der Waals surface area (Å²) in [7, 11) is 0. The molecule has 1 fully saturated rings. The number of halogens is 1. The highest BCUT2D eigenvalue weighted by Gasteiger charge is 2.22. The van der Waals surface area contributed by atoms with E-state index in [1.807, 2.05) is 48.5 Å². The first-order valence-electron chi connectivity index (χ1n) is 12.0. The fraction of sp³-hybridized carbons (Fsp3) is 0.423. The molecule has 186 valence electrons. The molecule has 1 aliphatic rings. The Labute approximate surface area is 216 Å². The van der Waals surface area contributed by atoms with Crippen LogP contribution in [0.1, 0.15) is 33.6 Å². The molecule has 1 N–H and O–H groups in total. The fourth-order valence-electron chi connectivity index (χ4n) is 4.27. The first kappa shape index (κ1) is 25.5. The zero-order valence-corrected chi connectivity index (χ0v) is 22.0. The van der Waals surface area contributed by atoms with Crippen molar-refractivity contribution >= 4 is 40.6 Å². The number of benzene rings is 2. The number of anilines is 2. The molecule has 35 heavy (non-hydrogen) atoms. The third-order valence-corrected chi connectivity index (χ3v) is 7.23. The van der Waals surface area contributed by atoms with Crippen LogP contribution in [0.5, 0.6) is 0 Å². The van der Waals surface area contributed by atoms with Crippen LogP contribution in [0.15, 0.2) is 53.7 Å². The summed E-state index contributed by atoms with van der Waals surface area (Å²) in [5, 5.41) is 13.2. The van der Waals surface area contributed by atoms with Crippen molar-refractivity contribution in [2.75, 3.05) is 29.1 Å². The second-order valence-corrected chi connectivity index (χ2v) is 10.2. The van der Waals surface area contributed by atoms with Crippen molar-refractivity contribution in [3.05, 3.63) is 53.6 Å². The maximum Gasteiger partial charge on any atom is 0.234 e. The number of carbonyl (C=O) groups is 1. The average molecular weight is 514 g/mol. The Hall–Kier alpha value is -2.55. The Morgan fingerprint density at radius 3 is 2.57 bits per heavy atom. The summed E-state index contributed by atoms with van der Waals surface area (Å²) < 4.78 is 7.91. The highest BCUT2D eigenvalue weighted by molar-refractivity contribution is 7.99. The first-order chi connectivity index (χ1) is 16.9. The molecule has 0 spiro atoms. The topological polar surface area (TPSA) is 72.3 Å². The number of amides is 1. The molecule has 2 heterocycles. The molecule has 9 heteroatoms. The van der Waals surface area contributed by atoms with E-state index in [0.717, 1.165) is 48.8 Å². The number of nitrogens with one attached hydrogen (secondary N) is 1. The zero-order valence-electron chi connectivity index (χ0n) is 20.4. The van der Waals surface area contributed by atoms with Gasteiger partial charge in [0, 0.05) is 41.2 Å². The van der Waals surface area contributed by atoms with E-state index >= 15 is 0 Å². The van der Waals surface area contributed by atoms with Gasteiger partial charge < -0.3 is 15.0 Å². The molecule has 1 amide bonds. The Morgan fingerprint density at radius 1 is 1.20 bits per heavy atom. The van der Waals surface area contributed by atoms with Gasteiger partial charge in [-0.15, -0.1) is 10.2 Å². The first-order valence-corrected chi connectivity index (χ1v) is 13.4. The summed E-state index contributed by atoms with van der Waals surface area (Å²) >= 11 is 7.44. The third kappa shape index (κ3) is 6.57. The summed E-state index contributed by atoms with van der Waals surface area (Å²) in [4.78, 5) is 15.0. The number of nitrogens with zero attached hydrogens (tertiary/aromatic N) is 4. The highest BCUT2D eigenvalue weighted by Crippen LogP contribution is 2.28. The van der Waals surface area contributed by atoms with Crippen LogP contribution in [0.25, 0.3) is 11.4 Å². The van der Waals surface area contributed by atoms with Crippen LogP contribution >= 0.6 is 23.4 Å². The van der Waals surface area contributed by atoms with Crippen molar-refractivity contribution in [2.24, 2.45) is 0 Å². The Kier molecular flexibility index (Phi) is 8.70. The molecule has 0 aliphatic carbocycles. The molecule has 2 aromatic carbocycles. The van der Waals surface area contributed by atoms with E-state index in [0.29, 0.717) is 22.8 Å². The standard InChI is InChI=1S/C26H32ClN5O2S/c1-4-31(18(2)3)22-13-11-21(12-14-22)28-24(33)17-35-26-30-29-25(19-7-9-20(27)10-8-19)32(26)16-23-6-5-15-34-23/h7-14,18,23H,4-6,15-17H2,1-3H3,(H,28,33)/t23-/m0/s1. The Bertz CT molecular complexity index is 1110. The lowest BCUT2D eigenvalue weighted by Gasteiger charge is -2.27. The van der Waals surface area contributed by atoms with Gasteiger partial charge in [0.2, 0.25) is 5.91 Å². The Morgan fingerprint density at radius 2 is 1.94 bits per heavy atom. The molecule has 7 nitrogen and oxygen atoms in total. The Balaban J connectivity index is 1.43. The smallest absolute Gasteiger partial charge is 0.234 e. The van der Waals surface area contributed by atoms with Crippen LogP contribution in [-0.4, -0.2) is 51.7 Å². The lowest BCUT2D eigenvalue weighted by molar-refractivity contribution is -0.113. The minimum Gasteiger partial charge on any atom is -0.376 e. The van der Waals surface area contributed by atoms with Gasteiger partial charge in [0.15, 0.2) is 11.0 Å². The predicted molar refractivity (Wildman–Crippen MR) is 143 cm³/mol. The second-order valence-electron chi connectivity index (χ2n) is 8.82. The lowest BCUT2D eigenvalue weighted by Crippen LogP contribution is -2.30. The van der Waals surface area contributed by atoms with Crippen LogP contribution in [0.3, 0.4) is 0 Å². The third-order valence-electron chi connectivity index (χ3n) is 6.01. The predicted octanol–water partition coefficient (Wildman–Crippen LogP) is 5.74. The van der Waals surface area contributed by atoms with Crippen molar-refractivity contribution in [1.29, 1.82) is 0 Å². The molecule has 4 rings (SSSR count). The van der Waals surface area contributed by atoms with E-state index in [1.54, 1.807) is 0 Å². The van der Waals surface area contributed by atoms with E-state index in [-0.39, 0.29) is 17.8 Å². The quantitative estimate of drug-likeness (QED) is 0.348. The summed E-state index contributed by atoms with van der Waals surface area (Å²) in [6.07, 6.45) is 2.18. The van der Waals surface area contributed by atoms with Crippen LogP contribution in [0.2, 0.25) is 5.02 Å². The van der Waals surface area contributed by atoms with Crippen molar-refractivity contribution in [2.45, 2.75) is 57.5 Å². The normalized spacial score (nSPS) is 15.5. The van der Waals surface area contributed by atoms with E-state index < -0.39 is 0 Å². The lowest BCUT2D eigenvalue weighted by atomic mass is 10.2. The largest absolute Gasteiger partial charge is 0.376 e. The zero-order chi connectivity index (χ0) is 24.8. The fourth-order valence-corrected chi connectivity index (χ4v) is 5.15. The van der Waals surface area contributed by atoms with Crippen molar-refractivity contribution in [3.63, 3.8) is 0 Å². The average Bonchev–Trinajstić information content (AvgIpc) is 3.50. The minimum atomic E-state index is -0.0846. The van der Waals surface area contributed by atoms with E-state index in [2.05, 4.69) is 45.8 Å². The van der Waals surface area contributed by atoms with Gasteiger partial charge in [0.05, 0.1) is 18.4 Å². The molecule has 1 aliphatic heterocycles.